The SMILES string of the molecule is CCN(CCC(N)=S)Cc1cccc2ccccc12. The van der Waals surface area contributed by atoms with Crippen molar-refractivity contribution in [1.29, 1.82) is 0 Å². The van der Waals surface area contributed by atoms with E-state index in [2.05, 4.69) is 54.3 Å². The maximum absolute atomic E-state index is 5.58. The number of nitrogens with zero attached hydrogens (tertiary/aromatic N) is 1. The molecule has 0 amide bonds. The van der Waals surface area contributed by atoms with Gasteiger partial charge in [-0.15, -0.1) is 0 Å². The number of hydrogen-bond donors (Lipinski definition) is 1. The van der Waals surface area contributed by atoms with E-state index in [0.29, 0.717) is 4.99 Å². The predicted octanol–water partition coefficient (Wildman–Crippen LogP) is 3.34. The van der Waals surface area contributed by atoms with Gasteiger partial charge in [0, 0.05) is 19.5 Å². The molecule has 0 unspecified atom stereocenters. The lowest BCUT2D eigenvalue weighted by atomic mass is 10.0. The molecule has 0 radical (unpaired) electrons. The lowest BCUT2D eigenvalue weighted by Crippen LogP contribution is -2.27. The fourth-order valence-corrected chi connectivity index (χ4v) is 2.38. The van der Waals surface area contributed by atoms with Crippen molar-refractivity contribution in [2.24, 2.45) is 5.73 Å². The zero-order valence-corrected chi connectivity index (χ0v) is 12.1. The molecule has 2 N–H and O–H groups in total. The Balaban J connectivity index is 2.17. The van der Waals surface area contributed by atoms with Crippen LogP contribution in [0, 0.1) is 0 Å². The van der Waals surface area contributed by atoms with Crippen LogP contribution in [0.5, 0.6) is 0 Å². The van der Waals surface area contributed by atoms with Crippen LogP contribution >= 0.6 is 12.2 Å². The van der Waals surface area contributed by atoms with Gasteiger partial charge in [-0.2, -0.15) is 0 Å². The zero-order valence-electron chi connectivity index (χ0n) is 11.3. The Morgan fingerprint density at radius 2 is 1.89 bits per heavy atom. The molecule has 2 aromatic rings. The van der Waals surface area contributed by atoms with Gasteiger partial charge in [0.25, 0.3) is 0 Å². The van der Waals surface area contributed by atoms with Gasteiger partial charge in [-0.1, -0.05) is 61.6 Å². The number of hydrogen-bond acceptors (Lipinski definition) is 2. The summed E-state index contributed by atoms with van der Waals surface area (Å²) in [6, 6.07) is 15.0. The fourth-order valence-electron chi connectivity index (χ4n) is 2.29. The van der Waals surface area contributed by atoms with Gasteiger partial charge in [-0.3, -0.25) is 4.90 Å². The van der Waals surface area contributed by atoms with E-state index >= 15 is 0 Å². The van der Waals surface area contributed by atoms with Gasteiger partial charge in [0.2, 0.25) is 0 Å². The number of thiocarbonyl (C=S) groups is 1. The van der Waals surface area contributed by atoms with Crippen molar-refractivity contribution in [3.05, 3.63) is 48.0 Å². The van der Waals surface area contributed by atoms with Gasteiger partial charge < -0.3 is 5.73 Å². The first-order valence-corrected chi connectivity index (χ1v) is 7.09. The van der Waals surface area contributed by atoms with E-state index in [4.69, 9.17) is 18.0 Å². The highest BCUT2D eigenvalue weighted by molar-refractivity contribution is 7.80. The highest BCUT2D eigenvalue weighted by Crippen LogP contribution is 2.19. The summed E-state index contributed by atoms with van der Waals surface area (Å²) >= 11 is 4.95. The molecule has 0 aliphatic rings. The van der Waals surface area contributed by atoms with Gasteiger partial charge in [-0.25, -0.2) is 0 Å². The van der Waals surface area contributed by atoms with Crippen LogP contribution in [0.1, 0.15) is 18.9 Å². The van der Waals surface area contributed by atoms with Gasteiger partial charge in [0.15, 0.2) is 0 Å². The minimum atomic E-state index is 0.594. The number of rotatable bonds is 6. The molecule has 2 rings (SSSR count). The summed E-state index contributed by atoms with van der Waals surface area (Å²) in [5.41, 5.74) is 6.95. The molecule has 0 aliphatic carbocycles. The molecule has 0 heterocycles. The molecule has 2 nitrogen and oxygen atoms in total. The predicted molar refractivity (Wildman–Crippen MR) is 86.3 cm³/mol. The quantitative estimate of drug-likeness (QED) is 0.818. The number of fused-ring (bicyclic) bond motifs is 1. The second-order valence-electron chi connectivity index (χ2n) is 4.72. The average molecular weight is 272 g/mol. The molecular formula is C16H20N2S. The van der Waals surface area contributed by atoms with Crippen molar-refractivity contribution in [1.82, 2.24) is 4.90 Å². The van der Waals surface area contributed by atoms with Crippen molar-refractivity contribution in [2.75, 3.05) is 13.1 Å². The molecule has 19 heavy (non-hydrogen) atoms. The summed E-state index contributed by atoms with van der Waals surface area (Å²) in [7, 11) is 0. The maximum atomic E-state index is 5.58. The molecule has 0 atom stereocenters. The first kappa shape index (κ1) is 14.0. The average Bonchev–Trinajstić information content (AvgIpc) is 2.43. The monoisotopic (exact) mass is 272 g/mol. The van der Waals surface area contributed by atoms with E-state index < -0.39 is 0 Å². The lowest BCUT2D eigenvalue weighted by Gasteiger charge is -2.21. The first-order valence-electron chi connectivity index (χ1n) is 6.68. The minimum absolute atomic E-state index is 0.594. The Hall–Kier alpha value is -1.45. The van der Waals surface area contributed by atoms with Crippen LogP contribution in [0.15, 0.2) is 42.5 Å². The number of benzene rings is 2. The van der Waals surface area contributed by atoms with Gasteiger partial charge in [-0.05, 0) is 22.9 Å². The smallest absolute Gasteiger partial charge is 0.0740 e. The normalized spacial score (nSPS) is 11.1. The van der Waals surface area contributed by atoms with Gasteiger partial charge >= 0.3 is 0 Å². The van der Waals surface area contributed by atoms with Crippen LogP contribution in [0.3, 0.4) is 0 Å². The van der Waals surface area contributed by atoms with Gasteiger partial charge in [0.05, 0.1) is 4.99 Å². The highest BCUT2D eigenvalue weighted by Gasteiger charge is 2.07. The molecule has 0 aliphatic heterocycles. The molecule has 100 valence electrons. The van der Waals surface area contributed by atoms with Crippen LogP contribution in [0.4, 0.5) is 0 Å². The summed E-state index contributed by atoms with van der Waals surface area (Å²) in [6.45, 7) is 5.05. The Kier molecular flexibility index (Phi) is 4.88. The van der Waals surface area contributed by atoms with Crippen LogP contribution in [0.2, 0.25) is 0 Å². The molecule has 0 saturated heterocycles. The van der Waals surface area contributed by atoms with Crippen LogP contribution in [0.25, 0.3) is 10.8 Å². The molecular weight excluding hydrogens is 252 g/mol. The summed E-state index contributed by atoms with van der Waals surface area (Å²) < 4.78 is 0. The van der Waals surface area contributed by atoms with E-state index in [9.17, 15) is 0 Å². The van der Waals surface area contributed by atoms with E-state index in [1.54, 1.807) is 0 Å². The lowest BCUT2D eigenvalue weighted by molar-refractivity contribution is 0.290. The van der Waals surface area contributed by atoms with Crippen molar-refractivity contribution in [3.63, 3.8) is 0 Å². The minimum Gasteiger partial charge on any atom is -0.393 e. The molecule has 3 heteroatoms. The maximum Gasteiger partial charge on any atom is 0.0740 e. The van der Waals surface area contributed by atoms with Crippen LogP contribution < -0.4 is 5.73 Å². The van der Waals surface area contributed by atoms with Crippen molar-refractivity contribution < 1.29 is 0 Å². The summed E-state index contributed by atoms with van der Waals surface area (Å²) in [6.07, 6.45) is 0.786. The second-order valence-corrected chi connectivity index (χ2v) is 5.25. The molecule has 0 bridgehead atoms. The Morgan fingerprint density at radius 3 is 2.63 bits per heavy atom. The third kappa shape index (κ3) is 3.75. The summed E-state index contributed by atoms with van der Waals surface area (Å²) in [5, 5.41) is 2.63. The Labute approximate surface area is 120 Å². The van der Waals surface area contributed by atoms with Crippen molar-refractivity contribution in [2.45, 2.75) is 19.9 Å². The van der Waals surface area contributed by atoms with E-state index in [1.807, 2.05) is 0 Å². The third-order valence-corrected chi connectivity index (χ3v) is 3.60. The Morgan fingerprint density at radius 1 is 1.16 bits per heavy atom. The standard InChI is InChI=1S/C16H20N2S/c1-2-18(11-10-16(17)19)12-14-8-5-7-13-6-3-4-9-15(13)14/h3-9H,2,10-12H2,1H3,(H2,17,19). The molecule has 0 saturated carbocycles. The summed E-state index contributed by atoms with van der Waals surface area (Å²) in [4.78, 5) is 2.97. The molecule has 2 aromatic carbocycles. The third-order valence-electron chi connectivity index (χ3n) is 3.40. The second kappa shape index (κ2) is 6.64. The first-order chi connectivity index (χ1) is 9.20. The largest absolute Gasteiger partial charge is 0.393 e. The van der Waals surface area contributed by atoms with Crippen molar-refractivity contribution in [3.8, 4) is 0 Å². The summed E-state index contributed by atoms with van der Waals surface area (Å²) in [5.74, 6) is 0. The Bertz CT molecular complexity index is 560. The van der Waals surface area contributed by atoms with Crippen LogP contribution in [-0.4, -0.2) is 23.0 Å². The fraction of sp³-hybridized carbons (Fsp3) is 0.312. The molecule has 0 aromatic heterocycles. The molecule has 0 spiro atoms. The van der Waals surface area contributed by atoms with Crippen LogP contribution in [-0.2, 0) is 6.54 Å². The molecule has 0 fully saturated rings. The van der Waals surface area contributed by atoms with E-state index in [-0.39, 0.29) is 0 Å². The number of nitrogens with two attached hydrogens (primary N) is 1. The van der Waals surface area contributed by atoms with Crippen molar-refractivity contribution >= 4 is 28.0 Å². The van der Waals surface area contributed by atoms with E-state index in [0.717, 1.165) is 26.1 Å². The van der Waals surface area contributed by atoms with E-state index in [1.165, 1.54) is 16.3 Å². The van der Waals surface area contributed by atoms with Gasteiger partial charge in [0.1, 0.15) is 0 Å². The highest BCUT2D eigenvalue weighted by atomic mass is 32.1. The zero-order chi connectivity index (χ0) is 13.7. The topological polar surface area (TPSA) is 29.3 Å².